The first-order chi connectivity index (χ1) is 14.6. The number of aromatic nitrogens is 2. The Morgan fingerprint density at radius 2 is 1.90 bits per heavy atom. The number of hydrogen-bond donors (Lipinski definition) is 1. The van der Waals surface area contributed by atoms with E-state index in [2.05, 4.69) is 9.97 Å². The summed E-state index contributed by atoms with van der Waals surface area (Å²) in [4.78, 5) is 34.0. The van der Waals surface area contributed by atoms with Crippen LogP contribution >= 0.6 is 11.3 Å². The second-order valence-corrected chi connectivity index (χ2v) is 8.23. The molecule has 2 aromatic heterocycles. The topological polar surface area (TPSA) is 90.5 Å². The van der Waals surface area contributed by atoms with Gasteiger partial charge in [0.05, 0.1) is 18.9 Å². The Balaban J connectivity index is 1.26. The van der Waals surface area contributed by atoms with Crippen LogP contribution in [0.2, 0.25) is 0 Å². The zero-order valence-corrected chi connectivity index (χ0v) is 17.7. The monoisotopic (exact) mass is 428 g/mol. The van der Waals surface area contributed by atoms with Gasteiger partial charge in [-0.05, 0) is 55.5 Å². The molecule has 0 fully saturated rings. The molecular weight excluding hydrogens is 404 g/mol. The molecule has 8 heteroatoms. The smallest absolute Gasteiger partial charge is 0.306 e. The molecule has 30 heavy (non-hydrogen) atoms. The number of ether oxygens (including phenoxy) is 3. The van der Waals surface area contributed by atoms with Gasteiger partial charge in [0.2, 0.25) is 0 Å². The molecule has 1 aliphatic rings. The predicted octanol–water partition coefficient (Wildman–Crippen LogP) is 3.43. The summed E-state index contributed by atoms with van der Waals surface area (Å²) in [6, 6.07) is 7.19. The Labute approximate surface area is 178 Å². The largest absolute Gasteiger partial charge is 0.497 e. The Hall–Kier alpha value is -2.87. The lowest BCUT2D eigenvalue weighted by atomic mass is 9.97. The highest BCUT2D eigenvalue weighted by Gasteiger charge is 2.20. The number of rotatable bonds is 8. The lowest BCUT2D eigenvalue weighted by Gasteiger charge is -2.09. The molecule has 7 nitrogen and oxygen atoms in total. The van der Waals surface area contributed by atoms with E-state index >= 15 is 0 Å². The molecule has 0 unspecified atom stereocenters. The van der Waals surface area contributed by atoms with Crippen molar-refractivity contribution in [2.45, 2.75) is 38.5 Å². The van der Waals surface area contributed by atoms with Crippen LogP contribution in [0, 0.1) is 0 Å². The minimum atomic E-state index is -0.346. The summed E-state index contributed by atoms with van der Waals surface area (Å²) in [6.45, 7) is 0.422. The van der Waals surface area contributed by atoms with Crippen molar-refractivity contribution in [1.29, 1.82) is 0 Å². The minimum absolute atomic E-state index is 0.101. The van der Waals surface area contributed by atoms with Crippen LogP contribution in [0.4, 0.5) is 0 Å². The number of esters is 1. The van der Waals surface area contributed by atoms with E-state index in [1.807, 2.05) is 0 Å². The van der Waals surface area contributed by atoms with Gasteiger partial charge >= 0.3 is 5.97 Å². The summed E-state index contributed by atoms with van der Waals surface area (Å²) in [7, 11) is 1.60. The van der Waals surface area contributed by atoms with Crippen LogP contribution in [0.5, 0.6) is 11.5 Å². The van der Waals surface area contributed by atoms with Gasteiger partial charge in [-0.25, -0.2) is 4.98 Å². The fourth-order valence-electron chi connectivity index (χ4n) is 3.61. The lowest BCUT2D eigenvalue weighted by molar-refractivity contribution is -0.144. The van der Waals surface area contributed by atoms with Crippen molar-refractivity contribution in [1.82, 2.24) is 9.97 Å². The number of methoxy groups -OCH3 is 1. The number of nitrogens with one attached hydrogen (secondary N) is 1. The van der Waals surface area contributed by atoms with Gasteiger partial charge in [-0.1, -0.05) is 0 Å². The number of fused-ring (bicyclic) bond motifs is 3. The van der Waals surface area contributed by atoms with E-state index < -0.39 is 0 Å². The van der Waals surface area contributed by atoms with Crippen molar-refractivity contribution in [3.63, 3.8) is 0 Å². The van der Waals surface area contributed by atoms with E-state index in [1.54, 1.807) is 42.7 Å². The molecule has 0 saturated carbocycles. The summed E-state index contributed by atoms with van der Waals surface area (Å²) in [6.07, 6.45) is 4.75. The number of aryl methyl sites for hydroxylation is 3. The maximum Gasteiger partial charge on any atom is 0.306 e. The van der Waals surface area contributed by atoms with Crippen LogP contribution in [-0.4, -0.2) is 36.3 Å². The summed E-state index contributed by atoms with van der Waals surface area (Å²) in [5, 5.41) is 0.733. The van der Waals surface area contributed by atoms with Crippen molar-refractivity contribution in [2.75, 3.05) is 20.3 Å². The highest BCUT2D eigenvalue weighted by atomic mass is 32.1. The van der Waals surface area contributed by atoms with Gasteiger partial charge < -0.3 is 19.2 Å². The van der Waals surface area contributed by atoms with E-state index in [0.29, 0.717) is 18.0 Å². The van der Waals surface area contributed by atoms with E-state index in [0.717, 1.165) is 40.8 Å². The molecule has 2 heterocycles. The molecule has 0 bridgehead atoms. The quantitative estimate of drug-likeness (QED) is 0.437. The average Bonchev–Trinajstić information content (AvgIpc) is 3.14. The van der Waals surface area contributed by atoms with Gasteiger partial charge in [0.15, 0.2) is 0 Å². The molecule has 4 rings (SSSR count). The molecule has 1 aliphatic carbocycles. The first kappa shape index (κ1) is 20.4. The number of benzene rings is 1. The number of carbonyl (C=O) groups is 1. The molecule has 1 N–H and O–H groups in total. The van der Waals surface area contributed by atoms with Crippen LogP contribution < -0.4 is 15.0 Å². The number of carbonyl (C=O) groups excluding carboxylic acids is 1. The SMILES string of the molecule is COc1ccc(OCCOC(=O)CCc2nc3sc4c(c3c(=O)[nH]2)CCCC4)cc1. The molecule has 0 radical (unpaired) electrons. The van der Waals surface area contributed by atoms with Gasteiger partial charge in [-0.2, -0.15) is 0 Å². The fraction of sp³-hybridized carbons (Fsp3) is 0.409. The van der Waals surface area contributed by atoms with Crippen molar-refractivity contribution >= 4 is 27.5 Å². The third-order valence-corrected chi connectivity index (χ3v) is 6.30. The fourth-order valence-corrected chi connectivity index (χ4v) is 4.89. The van der Waals surface area contributed by atoms with Crippen LogP contribution in [0.3, 0.4) is 0 Å². The summed E-state index contributed by atoms with van der Waals surface area (Å²) in [5.41, 5.74) is 1.06. The molecule has 0 spiro atoms. The van der Waals surface area contributed by atoms with Crippen molar-refractivity contribution in [3.8, 4) is 11.5 Å². The number of hydrogen-bond acceptors (Lipinski definition) is 7. The number of nitrogens with zero attached hydrogens (tertiary/aromatic N) is 1. The molecule has 158 valence electrons. The summed E-state index contributed by atoms with van der Waals surface area (Å²) < 4.78 is 15.8. The second kappa shape index (κ2) is 9.30. The zero-order valence-electron chi connectivity index (χ0n) is 16.9. The van der Waals surface area contributed by atoms with E-state index in [1.165, 1.54) is 11.3 Å². The van der Waals surface area contributed by atoms with Gasteiger partial charge in [0.1, 0.15) is 35.4 Å². The van der Waals surface area contributed by atoms with Gasteiger partial charge in [-0.3, -0.25) is 9.59 Å². The molecule has 0 aliphatic heterocycles. The second-order valence-electron chi connectivity index (χ2n) is 7.15. The Kier molecular flexibility index (Phi) is 6.32. The standard InChI is InChI=1S/C22H24N2O5S/c1-27-14-6-8-15(9-7-14)28-12-13-29-19(25)11-10-18-23-21(26)20-16-4-2-3-5-17(16)30-22(20)24-18/h6-9H,2-5,10-13H2,1H3,(H,23,24,26). The molecule has 1 aromatic carbocycles. The van der Waals surface area contributed by atoms with Gasteiger partial charge in [-0.15, -0.1) is 11.3 Å². The Morgan fingerprint density at radius 1 is 1.13 bits per heavy atom. The summed E-state index contributed by atoms with van der Waals surface area (Å²) >= 11 is 1.61. The van der Waals surface area contributed by atoms with E-state index in [-0.39, 0.29) is 31.2 Å². The van der Waals surface area contributed by atoms with E-state index in [4.69, 9.17) is 14.2 Å². The maximum absolute atomic E-state index is 12.5. The van der Waals surface area contributed by atoms with Crippen LogP contribution in [0.1, 0.15) is 35.5 Å². The third-order valence-electron chi connectivity index (χ3n) is 5.11. The number of aromatic amines is 1. The van der Waals surface area contributed by atoms with Crippen molar-refractivity contribution in [3.05, 3.63) is 50.9 Å². The number of thiophene rings is 1. The van der Waals surface area contributed by atoms with Crippen molar-refractivity contribution in [2.24, 2.45) is 0 Å². The molecule has 0 amide bonds. The Morgan fingerprint density at radius 3 is 2.70 bits per heavy atom. The van der Waals surface area contributed by atoms with Crippen LogP contribution in [-0.2, 0) is 28.8 Å². The first-order valence-corrected chi connectivity index (χ1v) is 10.9. The van der Waals surface area contributed by atoms with Crippen LogP contribution in [0.15, 0.2) is 29.1 Å². The molecule has 3 aromatic rings. The summed E-state index contributed by atoms with van der Waals surface area (Å²) in [5.74, 6) is 1.61. The van der Waals surface area contributed by atoms with Gasteiger partial charge in [0.25, 0.3) is 5.56 Å². The molecule has 0 saturated heterocycles. The minimum Gasteiger partial charge on any atom is -0.497 e. The van der Waals surface area contributed by atoms with Crippen molar-refractivity contribution < 1.29 is 19.0 Å². The predicted molar refractivity (Wildman–Crippen MR) is 115 cm³/mol. The zero-order chi connectivity index (χ0) is 20.9. The third kappa shape index (κ3) is 4.64. The van der Waals surface area contributed by atoms with E-state index in [9.17, 15) is 9.59 Å². The van der Waals surface area contributed by atoms with Crippen LogP contribution in [0.25, 0.3) is 10.2 Å². The lowest BCUT2D eigenvalue weighted by Crippen LogP contribution is -2.16. The normalized spacial score (nSPS) is 13.1. The highest BCUT2D eigenvalue weighted by Crippen LogP contribution is 2.33. The highest BCUT2D eigenvalue weighted by molar-refractivity contribution is 7.18. The Bertz CT molecular complexity index is 1090. The number of H-pyrrole nitrogens is 1. The first-order valence-electron chi connectivity index (χ1n) is 10.1. The van der Waals surface area contributed by atoms with Gasteiger partial charge in [0, 0.05) is 11.3 Å². The molecular formula is C22H24N2O5S. The average molecular weight is 429 g/mol. The molecule has 0 atom stereocenters. The maximum atomic E-state index is 12.5.